The lowest BCUT2D eigenvalue weighted by atomic mass is 9.83. The van der Waals surface area contributed by atoms with Crippen LogP contribution in [0.15, 0.2) is 76.8 Å². The molecular formula is C25H27N3O4. The third-order valence-corrected chi connectivity index (χ3v) is 5.47. The molecule has 7 nitrogen and oxygen atoms in total. The first-order valence-corrected chi connectivity index (χ1v) is 10.4. The second-order valence-electron chi connectivity index (χ2n) is 7.63. The van der Waals surface area contributed by atoms with Gasteiger partial charge in [0, 0.05) is 49.3 Å². The zero-order valence-corrected chi connectivity index (χ0v) is 18.2. The van der Waals surface area contributed by atoms with E-state index in [1.807, 2.05) is 43.3 Å². The minimum Gasteiger partial charge on any atom is -0.411 e. The summed E-state index contributed by atoms with van der Waals surface area (Å²) in [7, 11) is 1.65. The van der Waals surface area contributed by atoms with E-state index in [4.69, 9.17) is 5.11 Å². The van der Waals surface area contributed by atoms with Crippen molar-refractivity contribution in [3.8, 4) is 0 Å². The molecule has 0 aliphatic carbocycles. The van der Waals surface area contributed by atoms with Crippen LogP contribution in [0.2, 0.25) is 0 Å². The molecule has 0 saturated heterocycles. The molecule has 1 unspecified atom stereocenters. The van der Waals surface area contributed by atoms with Crippen LogP contribution in [0.5, 0.6) is 0 Å². The highest BCUT2D eigenvalue weighted by Crippen LogP contribution is 2.32. The van der Waals surface area contributed by atoms with Gasteiger partial charge in [0.2, 0.25) is 5.56 Å². The number of carbonyl (C=O) groups is 1. The lowest BCUT2D eigenvalue weighted by Crippen LogP contribution is -2.26. The lowest BCUT2D eigenvalue weighted by Gasteiger charge is -2.21. The zero-order chi connectivity index (χ0) is 23.1. The number of hydrogen-bond donors (Lipinski definition) is 3. The summed E-state index contributed by atoms with van der Waals surface area (Å²) < 4.78 is 1.45. The van der Waals surface area contributed by atoms with E-state index in [9.17, 15) is 14.8 Å². The van der Waals surface area contributed by atoms with Gasteiger partial charge in [0.15, 0.2) is 0 Å². The Hall–Kier alpha value is -3.71. The number of nitrogens with one attached hydrogen (secondary N) is 1. The van der Waals surface area contributed by atoms with Gasteiger partial charge in [0.05, 0.1) is 12.3 Å². The summed E-state index contributed by atoms with van der Waals surface area (Å²) >= 11 is 0. The molecule has 0 aliphatic heterocycles. The van der Waals surface area contributed by atoms with E-state index in [0.29, 0.717) is 23.3 Å². The van der Waals surface area contributed by atoms with Crippen LogP contribution in [-0.2, 0) is 7.05 Å². The smallest absolute Gasteiger partial charge is 0.251 e. The summed E-state index contributed by atoms with van der Waals surface area (Å²) in [6.45, 7) is 2.11. The van der Waals surface area contributed by atoms with Gasteiger partial charge in [-0.15, -0.1) is 0 Å². The van der Waals surface area contributed by atoms with E-state index < -0.39 is 0 Å². The summed E-state index contributed by atoms with van der Waals surface area (Å²) in [5.74, 6) is -0.380. The second kappa shape index (κ2) is 10.5. The molecule has 1 heterocycles. The van der Waals surface area contributed by atoms with Gasteiger partial charge in [-0.2, -0.15) is 0 Å². The van der Waals surface area contributed by atoms with E-state index in [0.717, 1.165) is 16.7 Å². The fourth-order valence-electron chi connectivity index (χ4n) is 3.70. The van der Waals surface area contributed by atoms with Crippen LogP contribution in [0.25, 0.3) is 0 Å². The van der Waals surface area contributed by atoms with Crippen LogP contribution < -0.4 is 10.9 Å². The highest BCUT2D eigenvalue weighted by atomic mass is 16.4. The fourth-order valence-corrected chi connectivity index (χ4v) is 3.70. The van der Waals surface area contributed by atoms with Crippen LogP contribution >= 0.6 is 0 Å². The number of aliphatic hydroxyl groups excluding tert-OH is 1. The minimum atomic E-state index is -0.249. The number of aromatic nitrogens is 1. The molecule has 3 rings (SSSR count). The number of nitrogens with zero attached hydrogens (tertiary/aromatic N) is 2. The Morgan fingerprint density at radius 3 is 2.38 bits per heavy atom. The molecule has 7 heteroatoms. The Balaban J connectivity index is 1.97. The summed E-state index contributed by atoms with van der Waals surface area (Å²) in [5.41, 5.74) is 4.61. The van der Waals surface area contributed by atoms with Crippen LogP contribution in [-0.4, -0.2) is 39.7 Å². The van der Waals surface area contributed by atoms with E-state index in [1.165, 1.54) is 10.6 Å². The van der Waals surface area contributed by atoms with Crippen LogP contribution in [0.4, 0.5) is 0 Å². The molecule has 3 N–H and O–H groups in total. The van der Waals surface area contributed by atoms with Crippen molar-refractivity contribution in [3.63, 3.8) is 0 Å². The number of oxime groups is 1. The molecule has 1 aromatic heterocycles. The zero-order valence-electron chi connectivity index (χ0n) is 18.2. The van der Waals surface area contributed by atoms with Gasteiger partial charge >= 0.3 is 0 Å². The van der Waals surface area contributed by atoms with Gasteiger partial charge in [0.1, 0.15) is 0 Å². The van der Waals surface area contributed by atoms with Crippen molar-refractivity contribution in [2.24, 2.45) is 12.2 Å². The molecule has 0 radical (unpaired) electrons. The maximum atomic E-state index is 12.2. The number of rotatable bonds is 8. The Kier molecular flexibility index (Phi) is 7.57. The van der Waals surface area contributed by atoms with Crippen molar-refractivity contribution in [2.45, 2.75) is 19.3 Å². The summed E-state index contributed by atoms with van der Waals surface area (Å²) in [6.07, 6.45) is 2.05. The molecule has 2 aromatic carbocycles. The van der Waals surface area contributed by atoms with Gasteiger partial charge in [-0.25, -0.2) is 0 Å². The number of pyridine rings is 1. The fraction of sp³-hybridized carbons (Fsp3) is 0.240. The normalized spacial score (nSPS) is 12.4. The molecule has 3 aromatic rings. The monoisotopic (exact) mass is 433 g/mol. The summed E-state index contributed by atoms with van der Waals surface area (Å²) in [5, 5.41) is 24.9. The number of hydrogen-bond acceptors (Lipinski definition) is 5. The molecule has 1 amide bonds. The molecule has 0 spiro atoms. The van der Waals surface area contributed by atoms with Crippen LogP contribution in [0.3, 0.4) is 0 Å². The molecule has 0 bridgehead atoms. The first-order valence-electron chi connectivity index (χ1n) is 10.4. The molecule has 1 atom stereocenters. The second-order valence-corrected chi connectivity index (χ2v) is 7.63. The molecule has 0 fully saturated rings. The molecule has 166 valence electrons. The third-order valence-electron chi connectivity index (χ3n) is 5.47. The van der Waals surface area contributed by atoms with Crippen LogP contribution in [0, 0.1) is 6.92 Å². The number of amides is 1. The van der Waals surface area contributed by atoms with Crippen molar-refractivity contribution in [3.05, 3.63) is 105 Å². The van der Waals surface area contributed by atoms with Crippen molar-refractivity contribution in [1.82, 2.24) is 9.88 Å². The van der Waals surface area contributed by atoms with E-state index in [-0.39, 0.29) is 30.5 Å². The number of aliphatic hydroxyl groups is 1. The maximum Gasteiger partial charge on any atom is 0.251 e. The lowest BCUT2D eigenvalue weighted by molar-refractivity contribution is 0.0944. The Labute approximate surface area is 186 Å². The molecule has 0 aliphatic rings. The van der Waals surface area contributed by atoms with Gasteiger partial charge in [0.25, 0.3) is 5.91 Å². The average molecular weight is 434 g/mol. The van der Waals surface area contributed by atoms with Crippen molar-refractivity contribution >= 4 is 11.6 Å². The van der Waals surface area contributed by atoms with Crippen molar-refractivity contribution in [1.29, 1.82) is 0 Å². The minimum absolute atomic E-state index is 0.118. The maximum absolute atomic E-state index is 12.2. The number of carbonyl (C=O) groups excluding carboxylic acids is 1. The van der Waals surface area contributed by atoms with Gasteiger partial charge < -0.3 is 20.2 Å². The quantitative estimate of drug-likeness (QED) is 0.289. The largest absolute Gasteiger partial charge is 0.411 e. The van der Waals surface area contributed by atoms with Crippen molar-refractivity contribution < 1.29 is 15.1 Å². The van der Waals surface area contributed by atoms with Gasteiger partial charge in [-0.3, -0.25) is 9.59 Å². The standard InChI is InChI=1S/C25H27N3O4/c1-17-5-3-4-6-21(17)22(15-23(27-32)20-11-12-24(30)28(2)16-20)18-7-9-19(10-8-18)25(31)26-13-14-29/h3-12,16,22,29,32H,13-15H2,1-2H3,(H,26,31). The molecule has 32 heavy (non-hydrogen) atoms. The first-order chi connectivity index (χ1) is 15.4. The Morgan fingerprint density at radius 1 is 1.06 bits per heavy atom. The summed E-state index contributed by atoms with van der Waals surface area (Å²) in [4.78, 5) is 23.9. The molecule has 0 saturated carbocycles. The predicted octanol–water partition coefficient (Wildman–Crippen LogP) is 2.82. The number of aryl methyl sites for hydroxylation is 2. The molecular weight excluding hydrogens is 406 g/mol. The Bertz CT molecular complexity index is 1170. The SMILES string of the molecule is Cc1ccccc1C(CC(=NO)c1ccc(=O)n(C)c1)c1ccc(C(=O)NCCO)cc1. The van der Waals surface area contributed by atoms with Gasteiger partial charge in [-0.05, 0) is 41.8 Å². The first kappa shape index (κ1) is 23.0. The third kappa shape index (κ3) is 5.31. The van der Waals surface area contributed by atoms with Gasteiger partial charge in [-0.1, -0.05) is 41.6 Å². The summed E-state index contributed by atoms with van der Waals surface area (Å²) in [6, 6.07) is 18.4. The predicted molar refractivity (Wildman–Crippen MR) is 124 cm³/mol. The van der Waals surface area contributed by atoms with E-state index >= 15 is 0 Å². The average Bonchev–Trinajstić information content (AvgIpc) is 2.81. The highest BCUT2D eigenvalue weighted by Gasteiger charge is 2.21. The Morgan fingerprint density at radius 2 is 1.75 bits per heavy atom. The van der Waals surface area contributed by atoms with E-state index in [2.05, 4.69) is 10.5 Å². The number of benzene rings is 2. The van der Waals surface area contributed by atoms with Crippen molar-refractivity contribution in [2.75, 3.05) is 13.2 Å². The highest BCUT2D eigenvalue weighted by molar-refractivity contribution is 6.00. The topological polar surface area (TPSA) is 104 Å². The van der Waals surface area contributed by atoms with Crippen LogP contribution in [0.1, 0.15) is 45.0 Å². The van der Waals surface area contributed by atoms with E-state index in [1.54, 1.807) is 31.4 Å².